The van der Waals surface area contributed by atoms with Crippen molar-refractivity contribution in [2.75, 3.05) is 3.80 Å². The van der Waals surface area contributed by atoms with Gasteiger partial charge in [-0.15, -0.1) is 24.8 Å². The van der Waals surface area contributed by atoms with Crippen LogP contribution in [0, 0.1) is 20.8 Å². The van der Waals surface area contributed by atoms with Crippen LogP contribution in [0.4, 0.5) is 5.69 Å². The summed E-state index contributed by atoms with van der Waals surface area (Å²) in [6.07, 6.45) is 3.44. The molecule has 1 aliphatic rings. The molecule has 0 heterocycles. The molecule has 0 saturated heterocycles. The van der Waals surface area contributed by atoms with Crippen LogP contribution in [-0.4, -0.2) is 0 Å². The molecule has 1 nitrogen and oxygen atoms in total. The van der Waals surface area contributed by atoms with Crippen molar-refractivity contribution in [3.05, 3.63) is 81.4 Å². The second-order valence-electron chi connectivity index (χ2n) is 7.24. The molecule has 3 rings (SSSR count). The number of nitrogens with one attached hydrogen (secondary N) is 1. The first-order chi connectivity index (χ1) is 12.0. The van der Waals surface area contributed by atoms with Gasteiger partial charge >= 0.3 is 162 Å². The average molecular weight is 438 g/mol. The molecule has 0 fully saturated rings. The SMILES string of the molecule is CC1=CC(C)=C(c2ccccc2[CH2][Ti][NH]c2c(C)cc(C)cc2C)C1.Cl.Cl. The Balaban J connectivity index is 0.00000182. The van der Waals surface area contributed by atoms with Crippen molar-refractivity contribution in [2.24, 2.45) is 0 Å². The fraction of sp³-hybridized carbons (Fsp3) is 0.304. The molecule has 1 N–H and O–H groups in total. The van der Waals surface area contributed by atoms with Crippen molar-refractivity contribution in [2.45, 2.75) is 45.8 Å². The Hall–Kier alpha value is -0.986. The summed E-state index contributed by atoms with van der Waals surface area (Å²) >= 11 is -0.271. The number of hydrogen-bond acceptors (Lipinski definition) is 1. The molecule has 0 radical (unpaired) electrons. The molecular formula is C23H29Cl2NTi. The van der Waals surface area contributed by atoms with E-state index in [1.54, 1.807) is 0 Å². The zero-order chi connectivity index (χ0) is 18.0. The van der Waals surface area contributed by atoms with Gasteiger partial charge in [-0.1, -0.05) is 0 Å². The van der Waals surface area contributed by atoms with Gasteiger partial charge in [0.05, 0.1) is 0 Å². The van der Waals surface area contributed by atoms with Crippen molar-refractivity contribution >= 4 is 36.1 Å². The Morgan fingerprint density at radius 2 is 1.56 bits per heavy atom. The minimum absolute atomic E-state index is 0. The van der Waals surface area contributed by atoms with Gasteiger partial charge < -0.3 is 0 Å². The fourth-order valence-corrected chi connectivity index (χ4v) is 5.62. The Kier molecular flexibility index (Phi) is 9.38. The van der Waals surface area contributed by atoms with Gasteiger partial charge in [0.1, 0.15) is 0 Å². The predicted molar refractivity (Wildman–Crippen MR) is 120 cm³/mol. The molecule has 0 spiro atoms. The number of allylic oxidation sites excluding steroid dienone is 4. The van der Waals surface area contributed by atoms with Gasteiger partial charge in [-0.3, -0.25) is 0 Å². The van der Waals surface area contributed by atoms with Crippen molar-refractivity contribution in [3.8, 4) is 0 Å². The molecule has 2 aromatic rings. The summed E-state index contributed by atoms with van der Waals surface area (Å²) in [5, 5.41) is 0. The molecule has 0 atom stereocenters. The van der Waals surface area contributed by atoms with Crippen molar-refractivity contribution in [3.63, 3.8) is 0 Å². The first-order valence-electron chi connectivity index (χ1n) is 8.97. The van der Waals surface area contributed by atoms with Crippen molar-refractivity contribution < 1.29 is 19.4 Å². The summed E-state index contributed by atoms with van der Waals surface area (Å²) in [6, 6.07) is 13.5. The van der Waals surface area contributed by atoms with Crippen LogP contribution in [0.1, 0.15) is 48.1 Å². The van der Waals surface area contributed by atoms with E-state index in [1.807, 2.05) is 0 Å². The van der Waals surface area contributed by atoms with Gasteiger partial charge in [-0.2, -0.15) is 0 Å². The molecule has 0 saturated carbocycles. The molecule has 0 bridgehead atoms. The fourth-order valence-electron chi connectivity index (χ4n) is 3.81. The van der Waals surface area contributed by atoms with E-state index in [9.17, 15) is 0 Å². The summed E-state index contributed by atoms with van der Waals surface area (Å²) in [6.45, 7) is 11.1. The number of benzene rings is 2. The number of hydrogen-bond donors (Lipinski definition) is 1. The third-order valence-electron chi connectivity index (χ3n) is 4.91. The van der Waals surface area contributed by atoms with E-state index in [-0.39, 0.29) is 44.2 Å². The maximum absolute atomic E-state index is 3.79. The zero-order valence-electron chi connectivity index (χ0n) is 16.8. The topological polar surface area (TPSA) is 12.0 Å². The molecule has 2 aromatic carbocycles. The quantitative estimate of drug-likeness (QED) is 0.488. The first-order valence-corrected chi connectivity index (χ1v) is 10.9. The van der Waals surface area contributed by atoms with Crippen LogP contribution in [0.3, 0.4) is 0 Å². The monoisotopic (exact) mass is 437 g/mol. The maximum Gasteiger partial charge on any atom is -0.147 e. The van der Waals surface area contributed by atoms with E-state index in [2.05, 4.69) is 80.9 Å². The van der Waals surface area contributed by atoms with Crippen LogP contribution < -0.4 is 3.80 Å². The van der Waals surface area contributed by atoms with E-state index in [4.69, 9.17) is 0 Å². The van der Waals surface area contributed by atoms with Gasteiger partial charge in [0.25, 0.3) is 0 Å². The first kappa shape index (κ1) is 24.1. The van der Waals surface area contributed by atoms with E-state index in [1.165, 1.54) is 54.9 Å². The molecule has 0 unspecified atom stereocenters. The van der Waals surface area contributed by atoms with Crippen LogP contribution in [0.2, 0.25) is 0 Å². The molecule has 1 aliphatic carbocycles. The second kappa shape index (κ2) is 10.5. The molecule has 4 heteroatoms. The van der Waals surface area contributed by atoms with E-state index < -0.39 is 0 Å². The Morgan fingerprint density at radius 1 is 0.926 bits per heavy atom. The standard InChI is InChI=1S/C14H15.C9H12N.2ClH.Ti/c1-10-8-12(3)14(9-10)13-7-5-4-6-11(13)2;1-6-4-7(2)9(10)8(3)5-6;;;/h4-8H,2,9H2,1,3H3;4-5,10H,1-3H3;2*1H;/q;-1;;;+1. The normalized spacial score (nSPS) is 12.9. The number of anilines is 1. The van der Waals surface area contributed by atoms with E-state index in [0.717, 1.165) is 6.42 Å². The van der Waals surface area contributed by atoms with Crippen molar-refractivity contribution in [1.82, 2.24) is 0 Å². The number of rotatable bonds is 5. The summed E-state index contributed by atoms with van der Waals surface area (Å²) in [4.78, 5) is 0. The molecular weight excluding hydrogens is 409 g/mol. The van der Waals surface area contributed by atoms with Gasteiger partial charge in [0.2, 0.25) is 0 Å². The summed E-state index contributed by atoms with van der Waals surface area (Å²) < 4.78 is 4.96. The largest absolute Gasteiger partial charge is 0.147 e. The minimum atomic E-state index is -0.271. The Morgan fingerprint density at radius 3 is 2.15 bits per heavy atom. The molecule has 144 valence electrons. The molecule has 27 heavy (non-hydrogen) atoms. The third kappa shape index (κ3) is 5.75. The van der Waals surface area contributed by atoms with Crippen molar-refractivity contribution in [1.29, 1.82) is 0 Å². The number of aryl methyl sites for hydroxylation is 3. The number of halogens is 2. The van der Waals surface area contributed by atoms with Crippen LogP contribution >= 0.6 is 24.8 Å². The van der Waals surface area contributed by atoms with Crippen LogP contribution in [0.5, 0.6) is 0 Å². The van der Waals surface area contributed by atoms with Gasteiger partial charge in [-0.25, -0.2) is 0 Å². The Labute approximate surface area is 185 Å². The van der Waals surface area contributed by atoms with E-state index in [0.29, 0.717) is 0 Å². The summed E-state index contributed by atoms with van der Waals surface area (Å²) in [5.74, 6) is 0. The Bertz CT molecular complexity index is 845. The third-order valence-corrected chi connectivity index (χ3v) is 6.44. The molecule has 0 amide bonds. The maximum atomic E-state index is 3.79. The predicted octanol–water partition coefficient (Wildman–Crippen LogP) is 7.19. The summed E-state index contributed by atoms with van der Waals surface area (Å²) in [7, 11) is 0. The zero-order valence-corrected chi connectivity index (χ0v) is 20.0. The average Bonchev–Trinajstić information content (AvgIpc) is 2.88. The van der Waals surface area contributed by atoms with Gasteiger partial charge in [0.15, 0.2) is 0 Å². The minimum Gasteiger partial charge on any atom is -0.147 e. The smallest absolute Gasteiger partial charge is 0.147 e. The molecule has 0 aliphatic heterocycles. The van der Waals surface area contributed by atoms with E-state index >= 15 is 0 Å². The van der Waals surface area contributed by atoms with Gasteiger partial charge in [-0.05, 0) is 0 Å². The molecule has 0 aromatic heterocycles. The van der Waals surface area contributed by atoms with Crippen LogP contribution in [-0.2, 0) is 24.1 Å². The van der Waals surface area contributed by atoms with Gasteiger partial charge in [0, 0.05) is 0 Å². The summed E-state index contributed by atoms with van der Waals surface area (Å²) in [5.41, 5.74) is 12.8. The van der Waals surface area contributed by atoms with Crippen LogP contribution in [0.25, 0.3) is 5.57 Å². The second-order valence-corrected chi connectivity index (χ2v) is 8.73. The van der Waals surface area contributed by atoms with Crippen LogP contribution in [0.15, 0.2) is 53.6 Å².